The number of imidazole rings is 1. The summed E-state index contributed by atoms with van der Waals surface area (Å²) in [4.78, 5) is 33.2. The second-order valence-electron chi connectivity index (χ2n) is 5.74. The van der Waals surface area contributed by atoms with Gasteiger partial charge in [-0.2, -0.15) is 5.10 Å². The van der Waals surface area contributed by atoms with Crippen LogP contribution in [0.3, 0.4) is 0 Å². The highest BCUT2D eigenvalue weighted by Gasteiger charge is 2.14. The lowest BCUT2D eigenvalue weighted by molar-refractivity contribution is -0.122. The largest absolute Gasteiger partial charge is 0.483 e. The van der Waals surface area contributed by atoms with Crippen molar-refractivity contribution in [3.05, 3.63) is 48.0 Å². The van der Waals surface area contributed by atoms with Crippen molar-refractivity contribution in [2.24, 2.45) is 0 Å². The number of nitrogens with one attached hydrogen (secondary N) is 1. The minimum Gasteiger partial charge on any atom is -0.483 e. The maximum Gasteiger partial charge on any atom is 0.339 e. The number of hydrogen-bond donors (Lipinski definition) is 2. The number of aromatic nitrogens is 6. The third-order valence-electron chi connectivity index (χ3n) is 4.13. The Bertz CT molecular complexity index is 1150. The molecule has 150 valence electrons. The number of methoxy groups -OCH3 is 1. The molecule has 4 aromatic rings. The number of anilines is 1. The number of hydrogen-bond acceptors (Lipinski definition) is 8. The van der Waals surface area contributed by atoms with Gasteiger partial charge in [0.05, 0.1) is 24.9 Å². The summed E-state index contributed by atoms with van der Waals surface area (Å²) in [7, 11) is 1.34. The number of nitrogens with zero attached hydrogens (tertiary/aromatic N) is 6. The predicted molar refractivity (Wildman–Crippen MR) is 104 cm³/mol. The Morgan fingerprint density at radius 1 is 1.34 bits per heavy atom. The van der Waals surface area contributed by atoms with Crippen LogP contribution in [-0.4, -0.2) is 53.8 Å². The molecule has 0 aliphatic heterocycles. The van der Waals surface area contributed by atoms with Crippen molar-refractivity contribution in [2.45, 2.75) is 20.0 Å². The van der Waals surface area contributed by atoms with E-state index < -0.39 is 5.97 Å². The standard InChI is InChI=1S/C17H17N7O2.CH2O2/c1-3-23-15-13(7-11(8-18-15)16(25)26-2)22-17(23)19-9-12-5-4-6-14-20-10-21-24(12)14;2-1-3/h4-8,10H,3,9H2,1-2H3,(H,19,22);1H,(H,2,3). The van der Waals surface area contributed by atoms with Crippen LogP contribution in [0.4, 0.5) is 5.95 Å². The summed E-state index contributed by atoms with van der Waals surface area (Å²) in [6.07, 6.45) is 3.03. The van der Waals surface area contributed by atoms with Crippen LogP contribution in [0.2, 0.25) is 0 Å². The van der Waals surface area contributed by atoms with Gasteiger partial charge in [-0.25, -0.2) is 24.3 Å². The van der Waals surface area contributed by atoms with E-state index in [9.17, 15) is 4.79 Å². The van der Waals surface area contributed by atoms with Crippen molar-refractivity contribution in [1.82, 2.24) is 29.1 Å². The Balaban J connectivity index is 0.000000755. The van der Waals surface area contributed by atoms with Crippen LogP contribution in [0.15, 0.2) is 36.8 Å². The average molecular weight is 397 g/mol. The number of aryl methyl sites for hydroxylation is 1. The van der Waals surface area contributed by atoms with Gasteiger partial charge >= 0.3 is 5.97 Å². The molecule has 2 N–H and O–H groups in total. The topological polar surface area (TPSA) is 137 Å². The van der Waals surface area contributed by atoms with E-state index in [2.05, 4.69) is 25.4 Å². The van der Waals surface area contributed by atoms with Crippen molar-refractivity contribution in [3.8, 4) is 0 Å². The van der Waals surface area contributed by atoms with E-state index in [1.807, 2.05) is 29.7 Å². The van der Waals surface area contributed by atoms with Crippen LogP contribution < -0.4 is 5.32 Å². The molecule has 29 heavy (non-hydrogen) atoms. The van der Waals surface area contributed by atoms with Gasteiger partial charge in [-0.05, 0) is 25.1 Å². The second-order valence-corrected chi connectivity index (χ2v) is 5.74. The van der Waals surface area contributed by atoms with E-state index in [1.165, 1.54) is 19.6 Å². The number of fused-ring (bicyclic) bond motifs is 2. The smallest absolute Gasteiger partial charge is 0.339 e. The summed E-state index contributed by atoms with van der Waals surface area (Å²) in [5.74, 6) is 0.243. The van der Waals surface area contributed by atoms with E-state index >= 15 is 0 Å². The zero-order valence-corrected chi connectivity index (χ0v) is 15.8. The maximum atomic E-state index is 11.7. The van der Waals surface area contributed by atoms with E-state index in [1.54, 1.807) is 10.6 Å². The molecule has 0 fully saturated rings. The molecule has 11 heteroatoms. The third kappa shape index (κ3) is 3.98. The first-order valence-corrected chi connectivity index (χ1v) is 8.66. The first kappa shape index (κ1) is 19.7. The van der Waals surface area contributed by atoms with Crippen LogP contribution >= 0.6 is 0 Å². The van der Waals surface area contributed by atoms with E-state index in [0.29, 0.717) is 35.8 Å². The molecule has 0 atom stereocenters. The summed E-state index contributed by atoms with van der Waals surface area (Å²) in [6.45, 7) is 2.98. The Kier molecular flexibility index (Phi) is 5.97. The fourth-order valence-corrected chi connectivity index (χ4v) is 2.88. The van der Waals surface area contributed by atoms with Crippen LogP contribution in [-0.2, 0) is 22.6 Å². The molecule has 11 nitrogen and oxygen atoms in total. The highest BCUT2D eigenvalue weighted by atomic mass is 16.5. The predicted octanol–water partition coefficient (Wildman–Crippen LogP) is 1.59. The molecule has 0 saturated heterocycles. The summed E-state index contributed by atoms with van der Waals surface area (Å²) >= 11 is 0. The van der Waals surface area contributed by atoms with E-state index in [0.717, 1.165) is 11.3 Å². The average Bonchev–Trinajstić information content (AvgIpc) is 3.35. The summed E-state index contributed by atoms with van der Waals surface area (Å²) in [5.41, 5.74) is 3.47. The molecule has 0 saturated carbocycles. The number of carbonyl (C=O) groups excluding carboxylic acids is 1. The van der Waals surface area contributed by atoms with Crippen LogP contribution in [0.25, 0.3) is 16.8 Å². The number of carboxylic acid groups (broad SMARTS) is 1. The van der Waals surface area contributed by atoms with Crippen molar-refractivity contribution in [2.75, 3.05) is 12.4 Å². The number of ether oxygens (including phenoxy) is 1. The molecule has 0 bridgehead atoms. The molecule has 0 spiro atoms. The summed E-state index contributed by atoms with van der Waals surface area (Å²) in [5, 5.41) is 14.4. The molecule has 0 amide bonds. The number of esters is 1. The fraction of sp³-hybridized carbons (Fsp3) is 0.222. The molecular weight excluding hydrogens is 378 g/mol. The van der Waals surface area contributed by atoms with Crippen LogP contribution in [0.1, 0.15) is 23.0 Å². The summed E-state index contributed by atoms with van der Waals surface area (Å²) < 4.78 is 8.48. The number of carbonyl (C=O) groups is 2. The Morgan fingerprint density at radius 2 is 2.14 bits per heavy atom. The third-order valence-corrected chi connectivity index (χ3v) is 4.13. The maximum absolute atomic E-state index is 11.7. The molecule has 4 aromatic heterocycles. The first-order valence-electron chi connectivity index (χ1n) is 8.66. The molecule has 0 unspecified atom stereocenters. The van der Waals surface area contributed by atoms with Gasteiger partial charge in [0, 0.05) is 12.7 Å². The highest BCUT2D eigenvalue weighted by molar-refractivity contribution is 5.92. The Labute approximate surface area is 165 Å². The lowest BCUT2D eigenvalue weighted by Crippen LogP contribution is -2.10. The molecule has 4 heterocycles. The van der Waals surface area contributed by atoms with Crippen LogP contribution in [0.5, 0.6) is 0 Å². The van der Waals surface area contributed by atoms with E-state index in [-0.39, 0.29) is 6.47 Å². The highest BCUT2D eigenvalue weighted by Crippen LogP contribution is 2.20. The monoisotopic (exact) mass is 397 g/mol. The molecular formula is C18H19N7O4. The van der Waals surface area contributed by atoms with E-state index in [4.69, 9.17) is 14.6 Å². The molecule has 0 radical (unpaired) electrons. The lowest BCUT2D eigenvalue weighted by atomic mass is 10.3. The number of rotatable bonds is 5. The zero-order valence-electron chi connectivity index (χ0n) is 15.8. The van der Waals surface area contributed by atoms with Gasteiger partial charge in [-0.3, -0.25) is 9.36 Å². The molecule has 0 aliphatic carbocycles. The van der Waals surface area contributed by atoms with Crippen molar-refractivity contribution in [1.29, 1.82) is 0 Å². The van der Waals surface area contributed by atoms with Gasteiger partial charge in [-0.1, -0.05) is 6.07 Å². The fourth-order valence-electron chi connectivity index (χ4n) is 2.88. The quantitative estimate of drug-likeness (QED) is 0.380. The normalized spacial score (nSPS) is 10.4. The van der Waals surface area contributed by atoms with Crippen molar-refractivity contribution >= 4 is 35.2 Å². The first-order chi connectivity index (χ1) is 14.1. The SMILES string of the molecule is CCn1c(NCc2cccc3ncnn23)nc2cc(C(=O)OC)cnc21.O=CO. The molecule has 4 rings (SSSR count). The van der Waals surface area contributed by atoms with Gasteiger partial charge in [0.2, 0.25) is 5.95 Å². The van der Waals surface area contributed by atoms with Crippen molar-refractivity contribution in [3.63, 3.8) is 0 Å². The summed E-state index contributed by atoms with van der Waals surface area (Å²) in [6, 6.07) is 7.49. The molecule has 0 aliphatic rings. The Hall–Kier alpha value is -4.02. The van der Waals surface area contributed by atoms with Crippen LogP contribution in [0, 0.1) is 0 Å². The molecule has 0 aromatic carbocycles. The zero-order chi connectivity index (χ0) is 20.8. The Morgan fingerprint density at radius 3 is 2.86 bits per heavy atom. The lowest BCUT2D eigenvalue weighted by Gasteiger charge is -2.09. The van der Waals surface area contributed by atoms with Gasteiger partial charge < -0.3 is 15.2 Å². The van der Waals surface area contributed by atoms with Gasteiger partial charge in [-0.15, -0.1) is 0 Å². The van der Waals surface area contributed by atoms with Gasteiger partial charge in [0.1, 0.15) is 11.8 Å². The van der Waals surface area contributed by atoms with Gasteiger partial charge in [0.15, 0.2) is 11.3 Å². The number of pyridine rings is 2. The van der Waals surface area contributed by atoms with Gasteiger partial charge in [0.25, 0.3) is 6.47 Å². The van der Waals surface area contributed by atoms with Crippen molar-refractivity contribution < 1.29 is 19.4 Å². The minimum atomic E-state index is -0.433. The minimum absolute atomic E-state index is 0.250. The second kappa shape index (κ2) is 8.78.